The number of pyridine rings is 3. The molecule has 7 N–H and O–H groups in total. The third-order valence-corrected chi connectivity index (χ3v) is 11.4. The maximum atomic E-state index is 13.1. The number of carbonyl (C=O) groups is 3. The zero-order chi connectivity index (χ0) is 47.6. The number of aromatic nitrogens is 6. The molecular weight excluding hydrogens is 836 g/mol. The van der Waals surface area contributed by atoms with Gasteiger partial charge in [-0.1, -0.05) is 0 Å². The summed E-state index contributed by atoms with van der Waals surface area (Å²) in [5.41, 5.74) is 28.7. The Hall–Kier alpha value is -9.46. The van der Waals surface area contributed by atoms with Crippen LogP contribution >= 0.6 is 0 Å². The molecule has 15 nitrogen and oxygen atoms in total. The van der Waals surface area contributed by atoms with Crippen molar-refractivity contribution in [1.29, 1.82) is 15.8 Å². The van der Waals surface area contributed by atoms with Gasteiger partial charge in [0.2, 0.25) is 5.95 Å². The van der Waals surface area contributed by atoms with Crippen LogP contribution in [-0.4, -0.2) is 46.8 Å². The van der Waals surface area contributed by atoms with Crippen LogP contribution in [0.4, 0.5) is 4.39 Å². The summed E-state index contributed by atoms with van der Waals surface area (Å²) in [5, 5.41) is 30.2. The second-order valence-corrected chi connectivity index (χ2v) is 15.2. The van der Waals surface area contributed by atoms with E-state index in [2.05, 4.69) is 38.1 Å². The summed E-state index contributed by atoms with van der Waals surface area (Å²) in [6.45, 7) is 5.45. The highest BCUT2D eigenvalue weighted by Crippen LogP contribution is 2.37. The molecule has 0 bridgehead atoms. The van der Waals surface area contributed by atoms with E-state index in [0.29, 0.717) is 50.5 Å². The van der Waals surface area contributed by atoms with Gasteiger partial charge in [-0.05, 0) is 121 Å². The second kappa shape index (κ2) is 18.1. The van der Waals surface area contributed by atoms with Crippen LogP contribution in [0.1, 0.15) is 64.8 Å². The van der Waals surface area contributed by atoms with E-state index in [1.165, 1.54) is 12.3 Å². The lowest BCUT2D eigenvalue weighted by molar-refractivity contribution is 0.0984. The number of hydrogen-bond acceptors (Lipinski definition) is 9. The Balaban J connectivity index is 0.000000147. The van der Waals surface area contributed by atoms with Gasteiger partial charge in [0, 0.05) is 83.5 Å². The molecule has 0 spiro atoms. The molecule has 0 aliphatic rings. The summed E-state index contributed by atoms with van der Waals surface area (Å²) in [4.78, 5) is 49.7. The fourth-order valence-electron chi connectivity index (χ4n) is 8.38. The normalized spacial score (nSPS) is 10.6. The number of aryl methyl sites for hydroxylation is 5. The highest BCUT2D eigenvalue weighted by Gasteiger charge is 2.22. The summed E-state index contributed by atoms with van der Waals surface area (Å²) in [5.74, 6) is -2.11. The first kappa shape index (κ1) is 44.6. The Morgan fingerprint density at radius 3 is 1.41 bits per heavy atom. The number of fused-ring (bicyclic) bond motifs is 3. The molecule has 0 unspecified atom stereocenters. The first-order valence-corrected chi connectivity index (χ1v) is 20.0. The van der Waals surface area contributed by atoms with E-state index < -0.39 is 23.7 Å². The molecule has 324 valence electrons. The van der Waals surface area contributed by atoms with Crippen molar-refractivity contribution in [2.24, 2.45) is 31.3 Å². The molecule has 3 amide bonds. The fraction of sp³-hybridized carbons (Fsp3) is 0.100. The molecule has 0 radical (unpaired) electrons. The smallest absolute Gasteiger partial charge is 0.265 e. The lowest BCUT2D eigenvalue weighted by Crippen LogP contribution is -2.16. The molecule has 6 heterocycles. The maximum Gasteiger partial charge on any atom is 0.265 e. The van der Waals surface area contributed by atoms with E-state index in [1.807, 2.05) is 51.2 Å². The van der Waals surface area contributed by atoms with Gasteiger partial charge in [-0.25, -0.2) is 4.98 Å². The highest BCUT2D eigenvalue weighted by atomic mass is 19.1. The number of rotatable bonds is 6. The minimum atomic E-state index is -0.581. The molecule has 0 atom stereocenters. The Kier molecular flexibility index (Phi) is 12.2. The van der Waals surface area contributed by atoms with Gasteiger partial charge >= 0.3 is 0 Å². The summed E-state index contributed by atoms with van der Waals surface area (Å²) in [6, 6.07) is 27.3. The predicted octanol–water partition coefficient (Wildman–Crippen LogP) is 7.69. The highest BCUT2D eigenvalue weighted by molar-refractivity contribution is 6.08. The maximum absolute atomic E-state index is 13.1. The summed E-state index contributed by atoms with van der Waals surface area (Å²) in [6.07, 6.45) is 8.17. The zero-order valence-electron chi connectivity index (χ0n) is 36.2. The van der Waals surface area contributed by atoms with E-state index >= 15 is 0 Å². The summed E-state index contributed by atoms with van der Waals surface area (Å²) >= 11 is 0. The lowest BCUT2D eigenvalue weighted by Gasteiger charge is -2.08. The minimum absolute atomic E-state index is 0.371. The van der Waals surface area contributed by atoms with E-state index in [9.17, 15) is 34.6 Å². The van der Waals surface area contributed by atoms with Crippen LogP contribution in [0.5, 0.6) is 0 Å². The topological polar surface area (TPSA) is 265 Å². The van der Waals surface area contributed by atoms with E-state index in [-0.39, 0.29) is 0 Å². The zero-order valence-corrected chi connectivity index (χ0v) is 36.2. The van der Waals surface area contributed by atoms with Crippen LogP contribution in [0.25, 0.3) is 66.1 Å². The SMILES string of the molecule is Cc1c(C(N)=O)[nH]c2c(-c3ccncc3)cc(C#N)cc12.Cc1c(C(N)=O)n(C)c2c(-c3ccc(F)nc3)cc(C#N)cc12.Cc1c(C(N)=O)n(C)c2c(-c3ccncc3)cc(C#N)cc12. The minimum Gasteiger partial charge on any atom is -0.364 e. The fourth-order valence-corrected chi connectivity index (χ4v) is 8.38. The first-order valence-electron chi connectivity index (χ1n) is 20.0. The average molecular weight is 875 g/mol. The molecule has 0 saturated carbocycles. The van der Waals surface area contributed by atoms with Crippen molar-refractivity contribution in [2.75, 3.05) is 0 Å². The predicted molar refractivity (Wildman–Crippen MR) is 248 cm³/mol. The number of hydrogen-bond donors (Lipinski definition) is 4. The van der Waals surface area contributed by atoms with Crippen molar-refractivity contribution in [3.63, 3.8) is 0 Å². The van der Waals surface area contributed by atoms with Gasteiger partial charge in [0.1, 0.15) is 17.1 Å². The Labute approximate surface area is 376 Å². The van der Waals surface area contributed by atoms with Crippen LogP contribution in [-0.2, 0) is 14.1 Å². The Bertz CT molecular complexity index is 3550. The molecule has 6 aromatic heterocycles. The largest absolute Gasteiger partial charge is 0.364 e. The van der Waals surface area contributed by atoms with Crippen LogP contribution < -0.4 is 17.2 Å². The number of nitrogens with zero attached hydrogens (tertiary/aromatic N) is 8. The Morgan fingerprint density at radius 2 is 1.00 bits per heavy atom. The first-order chi connectivity index (χ1) is 31.6. The van der Waals surface area contributed by atoms with Crippen molar-refractivity contribution in [3.05, 3.63) is 160 Å². The van der Waals surface area contributed by atoms with Crippen LogP contribution in [0, 0.1) is 60.7 Å². The van der Waals surface area contributed by atoms with Gasteiger partial charge in [-0.3, -0.25) is 24.4 Å². The number of amides is 3. The standard InChI is InChI=1S/C17H13FN4O.C17H14N4O.C16H12N4O/c1-9-12-5-10(7-19)6-13(11-3-4-14(18)21-8-11)16(12)22(2)15(9)17(20)23;1-10-13-7-11(9-18)8-14(12-3-5-20-6-4-12)16(13)21(2)15(10)17(19)22;1-9-12-6-10(8-17)7-13(11-2-4-19-5-3-11)15(12)20-14(9)16(18)21/h3-6,8H,1-2H3,(H2,20,23);3-8H,1-2H3,(H2,19,22);2-7,20H,1H3,(H2,18,21). The van der Waals surface area contributed by atoms with Gasteiger partial charge < -0.3 is 31.3 Å². The monoisotopic (exact) mass is 874 g/mol. The molecule has 0 aliphatic heterocycles. The third-order valence-electron chi connectivity index (χ3n) is 11.4. The third kappa shape index (κ3) is 8.15. The van der Waals surface area contributed by atoms with Crippen molar-refractivity contribution < 1.29 is 18.8 Å². The van der Waals surface area contributed by atoms with Crippen molar-refractivity contribution >= 4 is 50.4 Å². The molecule has 3 aromatic carbocycles. The van der Waals surface area contributed by atoms with E-state index in [4.69, 9.17) is 17.2 Å². The van der Waals surface area contributed by atoms with Crippen molar-refractivity contribution in [2.45, 2.75) is 20.8 Å². The number of H-pyrrole nitrogens is 1. The molecule has 66 heavy (non-hydrogen) atoms. The Morgan fingerprint density at radius 1 is 0.576 bits per heavy atom. The molecule has 9 aromatic rings. The molecule has 0 aliphatic carbocycles. The van der Waals surface area contributed by atoms with Gasteiger partial charge in [-0.2, -0.15) is 20.2 Å². The number of benzene rings is 3. The second-order valence-electron chi connectivity index (χ2n) is 15.2. The molecular formula is C50H39FN12O3. The van der Waals surface area contributed by atoms with Crippen molar-refractivity contribution in [1.82, 2.24) is 29.1 Å². The number of carbonyl (C=O) groups excluding carboxylic acids is 3. The number of halogens is 1. The summed E-state index contributed by atoms with van der Waals surface area (Å²) in [7, 11) is 3.55. The quantitative estimate of drug-likeness (QED) is 0.119. The number of nitrogens with one attached hydrogen (secondary N) is 1. The lowest BCUT2D eigenvalue weighted by atomic mass is 9.99. The van der Waals surface area contributed by atoms with Crippen LogP contribution in [0.3, 0.4) is 0 Å². The number of aromatic amines is 1. The average Bonchev–Trinajstić information content (AvgIpc) is 3.90. The molecule has 0 fully saturated rings. The van der Waals surface area contributed by atoms with Crippen LogP contribution in [0.15, 0.2) is 104 Å². The van der Waals surface area contributed by atoms with Gasteiger partial charge in [0.15, 0.2) is 0 Å². The summed E-state index contributed by atoms with van der Waals surface area (Å²) < 4.78 is 16.6. The molecule has 16 heteroatoms. The molecule has 9 rings (SSSR count). The van der Waals surface area contributed by atoms with Crippen molar-refractivity contribution in [3.8, 4) is 51.6 Å². The number of nitrogens with two attached hydrogens (primary N) is 3. The van der Waals surface area contributed by atoms with E-state index in [0.717, 1.165) is 66.1 Å². The van der Waals surface area contributed by atoms with Crippen LogP contribution in [0.2, 0.25) is 0 Å². The molecule has 0 saturated heterocycles. The van der Waals surface area contributed by atoms with E-state index in [1.54, 1.807) is 84.3 Å². The van der Waals surface area contributed by atoms with Gasteiger partial charge in [0.05, 0.1) is 51.4 Å². The number of primary amides is 3. The number of nitriles is 3. The van der Waals surface area contributed by atoms with Gasteiger partial charge in [-0.15, -0.1) is 0 Å². The van der Waals surface area contributed by atoms with Gasteiger partial charge in [0.25, 0.3) is 17.7 Å².